The van der Waals surface area contributed by atoms with Gasteiger partial charge in [-0.3, -0.25) is 9.69 Å². The number of carbonyl (C=O) groups excluding carboxylic acids is 2. The summed E-state index contributed by atoms with van der Waals surface area (Å²) >= 11 is 0. The van der Waals surface area contributed by atoms with Crippen molar-refractivity contribution < 1.29 is 14.3 Å². The van der Waals surface area contributed by atoms with Crippen LogP contribution in [0.15, 0.2) is 48.5 Å². The molecule has 0 radical (unpaired) electrons. The number of nitrogens with one attached hydrogen (secondary N) is 1. The number of benzene rings is 2. The third-order valence-electron chi connectivity index (χ3n) is 5.35. The van der Waals surface area contributed by atoms with Crippen LogP contribution in [0.2, 0.25) is 0 Å². The Bertz CT molecular complexity index is 866. The van der Waals surface area contributed by atoms with Gasteiger partial charge in [-0.15, -0.1) is 0 Å². The van der Waals surface area contributed by atoms with E-state index in [1.807, 2.05) is 60.4 Å². The highest BCUT2D eigenvalue weighted by atomic mass is 16.5. The second-order valence-corrected chi connectivity index (χ2v) is 7.09. The molecule has 1 unspecified atom stereocenters. The molecule has 2 aromatic carbocycles. The zero-order valence-electron chi connectivity index (χ0n) is 16.1. The third kappa shape index (κ3) is 3.54. The SMILES string of the molecule is CCOc1ccc(C2CCCN2C(=O)c2cccc(N3CCNC3=O)c2)cc1. The van der Waals surface area contributed by atoms with Crippen LogP contribution in [-0.2, 0) is 0 Å². The van der Waals surface area contributed by atoms with E-state index in [0.717, 1.165) is 36.4 Å². The van der Waals surface area contributed by atoms with E-state index >= 15 is 0 Å². The van der Waals surface area contributed by atoms with Crippen molar-refractivity contribution in [2.45, 2.75) is 25.8 Å². The maximum absolute atomic E-state index is 13.2. The molecule has 0 saturated carbocycles. The molecule has 2 saturated heterocycles. The van der Waals surface area contributed by atoms with Crippen LogP contribution in [0.4, 0.5) is 10.5 Å². The van der Waals surface area contributed by atoms with Gasteiger partial charge in [0.25, 0.3) is 5.91 Å². The summed E-state index contributed by atoms with van der Waals surface area (Å²) in [5.74, 6) is 0.858. The third-order valence-corrected chi connectivity index (χ3v) is 5.35. The highest BCUT2D eigenvalue weighted by Crippen LogP contribution is 2.34. The van der Waals surface area contributed by atoms with Gasteiger partial charge in [-0.05, 0) is 55.7 Å². The van der Waals surface area contributed by atoms with E-state index in [0.29, 0.717) is 25.3 Å². The number of rotatable bonds is 5. The summed E-state index contributed by atoms with van der Waals surface area (Å²) in [6.07, 6.45) is 1.94. The number of anilines is 1. The highest BCUT2D eigenvalue weighted by molar-refractivity contribution is 5.98. The van der Waals surface area contributed by atoms with Crippen LogP contribution in [0.3, 0.4) is 0 Å². The second-order valence-electron chi connectivity index (χ2n) is 7.09. The number of likely N-dealkylation sites (tertiary alicyclic amines) is 1. The molecule has 4 rings (SSSR count). The minimum Gasteiger partial charge on any atom is -0.494 e. The Morgan fingerprint density at radius 3 is 2.71 bits per heavy atom. The molecular formula is C22H25N3O3. The molecule has 0 aliphatic carbocycles. The molecular weight excluding hydrogens is 354 g/mol. The van der Waals surface area contributed by atoms with Crippen LogP contribution in [0, 0.1) is 0 Å². The summed E-state index contributed by atoms with van der Waals surface area (Å²) < 4.78 is 5.52. The lowest BCUT2D eigenvalue weighted by Gasteiger charge is -2.26. The Hall–Kier alpha value is -3.02. The van der Waals surface area contributed by atoms with Crippen LogP contribution in [0.25, 0.3) is 0 Å². The Balaban J connectivity index is 1.54. The van der Waals surface area contributed by atoms with Crippen LogP contribution >= 0.6 is 0 Å². The maximum atomic E-state index is 13.2. The Morgan fingerprint density at radius 1 is 1.18 bits per heavy atom. The largest absolute Gasteiger partial charge is 0.494 e. The molecule has 146 valence electrons. The maximum Gasteiger partial charge on any atom is 0.321 e. The number of carbonyl (C=O) groups is 2. The standard InChI is InChI=1S/C22H25N3O3/c1-2-28-19-10-8-16(9-11-19)20-7-4-13-25(20)21(26)17-5-3-6-18(15-17)24-14-12-23-22(24)27/h3,5-6,8-11,15,20H,2,4,7,12-14H2,1H3,(H,23,27). The van der Waals surface area contributed by atoms with Crippen molar-refractivity contribution in [2.75, 3.05) is 31.1 Å². The minimum atomic E-state index is -0.113. The summed E-state index contributed by atoms with van der Waals surface area (Å²) in [7, 11) is 0. The fourth-order valence-corrected chi connectivity index (χ4v) is 4.00. The van der Waals surface area contributed by atoms with E-state index in [1.54, 1.807) is 4.90 Å². The zero-order chi connectivity index (χ0) is 19.5. The summed E-state index contributed by atoms with van der Waals surface area (Å²) in [4.78, 5) is 28.8. The summed E-state index contributed by atoms with van der Waals surface area (Å²) in [5, 5.41) is 2.80. The normalized spacial score (nSPS) is 19.0. The van der Waals surface area contributed by atoms with E-state index in [1.165, 1.54) is 0 Å². The summed E-state index contributed by atoms with van der Waals surface area (Å²) in [6.45, 7) is 4.59. The average Bonchev–Trinajstić information content (AvgIpc) is 3.37. The van der Waals surface area contributed by atoms with Crippen molar-refractivity contribution in [3.05, 3.63) is 59.7 Å². The molecule has 1 N–H and O–H groups in total. The number of hydrogen-bond donors (Lipinski definition) is 1. The van der Waals surface area contributed by atoms with Crippen molar-refractivity contribution in [1.82, 2.24) is 10.2 Å². The predicted molar refractivity (Wildman–Crippen MR) is 108 cm³/mol. The van der Waals surface area contributed by atoms with Crippen molar-refractivity contribution >= 4 is 17.6 Å². The molecule has 2 fully saturated rings. The van der Waals surface area contributed by atoms with Gasteiger partial charge in [0, 0.05) is 30.9 Å². The van der Waals surface area contributed by atoms with Gasteiger partial charge in [0.2, 0.25) is 0 Å². The monoisotopic (exact) mass is 379 g/mol. The van der Waals surface area contributed by atoms with Gasteiger partial charge in [-0.25, -0.2) is 4.79 Å². The number of amides is 3. The van der Waals surface area contributed by atoms with Gasteiger partial charge >= 0.3 is 6.03 Å². The number of ether oxygens (including phenoxy) is 1. The number of hydrogen-bond acceptors (Lipinski definition) is 3. The second kappa shape index (κ2) is 7.92. The molecule has 0 aromatic heterocycles. The topological polar surface area (TPSA) is 61.9 Å². The Morgan fingerprint density at radius 2 is 2.00 bits per heavy atom. The first-order valence-electron chi connectivity index (χ1n) is 9.86. The first-order chi connectivity index (χ1) is 13.7. The molecule has 6 heteroatoms. The zero-order valence-corrected chi connectivity index (χ0v) is 16.1. The van der Waals surface area contributed by atoms with Gasteiger partial charge in [-0.2, -0.15) is 0 Å². The van der Waals surface area contributed by atoms with E-state index in [9.17, 15) is 9.59 Å². The first kappa shape index (κ1) is 18.3. The predicted octanol–water partition coefficient (Wildman–Crippen LogP) is 3.59. The molecule has 2 aromatic rings. The highest BCUT2D eigenvalue weighted by Gasteiger charge is 2.31. The van der Waals surface area contributed by atoms with Gasteiger partial charge in [0.05, 0.1) is 12.6 Å². The molecule has 6 nitrogen and oxygen atoms in total. The van der Waals surface area contributed by atoms with Gasteiger partial charge in [0.15, 0.2) is 0 Å². The van der Waals surface area contributed by atoms with E-state index < -0.39 is 0 Å². The molecule has 3 amide bonds. The fraction of sp³-hybridized carbons (Fsp3) is 0.364. The number of nitrogens with zero attached hydrogens (tertiary/aromatic N) is 2. The Kier molecular flexibility index (Phi) is 5.19. The van der Waals surface area contributed by atoms with Crippen molar-refractivity contribution in [1.29, 1.82) is 0 Å². The fourth-order valence-electron chi connectivity index (χ4n) is 4.00. The molecule has 0 spiro atoms. The molecule has 2 heterocycles. The Labute approximate surface area is 165 Å². The first-order valence-corrected chi connectivity index (χ1v) is 9.86. The van der Waals surface area contributed by atoms with Gasteiger partial charge in [-0.1, -0.05) is 18.2 Å². The summed E-state index contributed by atoms with van der Waals surface area (Å²) in [5.41, 5.74) is 2.51. The van der Waals surface area contributed by atoms with Crippen molar-refractivity contribution in [3.8, 4) is 5.75 Å². The lowest BCUT2D eigenvalue weighted by molar-refractivity contribution is 0.0735. The minimum absolute atomic E-state index is 0.0119. The van der Waals surface area contributed by atoms with Crippen LogP contribution in [0.5, 0.6) is 5.75 Å². The van der Waals surface area contributed by atoms with Gasteiger partial charge < -0.3 is 15.0 Å². The van der Waals surface area contributed by atoms with E-state index in [-0.39, 0.29) is 18.0 Å². The lowest BCUT2D eigenvalue weighted by Crippen LogP contribution is -2.31. The molecule has 0 bridgehead atoms. The van der Waals surface area contributed by atoms with Crippen LogP contribution < -0.4 is 15.0 Å². The molecule has 1 atom stereocenters. The molecule has 2 aliphatic heterocycles. The van der Waals surface area contributed by atoms with Crippen molar-refractivity contribution in [3.63, 3.8) is 0 Å². The van der Waals surface area contributed by atoms with Crippen LogP contribution in [0.1, 0.15) is 41.7 Å². The number of urea groups is 1. The van der Waals surface area contributed by atoms with Crippen LogP contribution in [-0.4, -0.2) is 43.1 Å². The van der Waals surface area contributed by atoms with E-state index in [4.69, 9.17) is 4.74 Å². The molecule has 2 aliphatic rings. The van der Waals surface area contributed by atoms with E-state index in [2.05, 4.69) is 5.32 Å². The average molecular weight is 379 g/mol. The lowest BCUT2D eigenvalue weighted by atomic mass is 10.0. The smallest absolute Gasteiger partial charge is 0.321 e. The van der Waals surface area contributed by atoms with Crippen molar-refractivity contribution in [2.24, 2.45) is 0 Å². The molecule has 28 heavy (non-hydrogen) atoms. The summed E-state index contributed by atoms with van der Waals surface area (Å²) in [6, 6.07) is 15.3. The van der Waals surface area contributed by atoms with Gasteiger partial charge in [0.1, 0.15) is 5.75 Å². The quantitative estimate of drug-likeness (QED) is 0.864.